The number of hydrogen-bond acceptors (Lipinski definition) is 7. The van der Waals surface area contributed by atoms with Crippen LogP contribution in [0.3, 0.4) is 0 Å². The zero-order valence-corrected chi connectivity index (χ0v) is 16.8. The molecule has 1 fully saturated rings. The molecule has 10 heteroatoms. The van der Waals surface area contributed by atoms with E-state index in [-0.39, 0.29) is 23.4 Å². The SMILES string of the molecule is CCCN(Cn1nc(Nc2cccc(F)c2)sc1=S)[C@@H]1CCS(=O)(=O)C1. The average molecular weight is 417 g/mol. The highest BCUT2D eigenvalue weighted by molar-refractivity contribution is 7.91. The second-order valence-corrected chi connectivity index (χ2v) is 10.2. The predicted molar refractivity (Wildman–Crippen MR) is 105 cm³/mol. The molecule has 1 aromatic heterocycles. The molecule has 1 aliphatic rings. The van der Waals surface area contributed by atoms with Gasteiger partial charge in [0.1, 0.15) is 5.82 Å². The fourth-order valence-electron chi connectivity index (χ4n) is 3.03. The van der Waals surface area contributed by atoms with Crippen molar-refractivity contribution in [2.75, 3.05) is 23.4 Å². The normalized spacial score (nSPS) is 19.1. The number of benzene rings is 1. The number of nitrogens with zero attached hydrogens (tertiary/aromatic N) is 3. The molecule has 6 nitrogen and oxygen atoms in total. The van der Waals surface area contributed by atoms with Crippen molar-refractivity contribution in [1.29, 1.82) is 0 Å². The van der Waals surface area contributed by atoms with Gasteiger partial charge in [0.2, 0.25) is 5.13 Å². The van der Waals surface area contributed by atoms with E-state index in [0.717, 1.165) is 13.0 Å². The summed E-state index contributed by atoms with van der Waals surface area (Å²) in [4.78, 5) is 2.13. The van der Waals surface area contributed by atoms with E-state index in [4.69, 9.17) is 12.2 Å². The maximum Gasteiger partial charge on any atom is 0.209 e. The van der Waals surface area contributed by atoms with Crippen molar-refractivity contribution in [2.24, 2.45) is 0 Å². The van der Waals surface area contributed by atoms with Crippen LogP contribution in [0.1, 0.15) is 19.8 Å². The predicted octanol–water partition coefficient (Wildman–Crippen LogP) is 3.41. The van der Waals surface area contributed by atoms with Gasteiger partial charge in [-0.15, -0.1) is 5.10 Å². The van der Waals surface area contributed by atoms with E-state index >= 15 is 0 Å². The molecular formula is C16H21FN4O2S3. The summed E-state index contributed by atoms with van der Waals surface area (Å²) in [7, 11) is -2.94. The zero-order valence-electron chi connectivity index (χ0n) is 14.4. The van der Waals surface area contributed by atoms with E-state index in [1.807, 2.05) is 0 Å². The second kappa shape index (κ2) is 8.12. The first kappa shape index (κ1) is 19.4. The second-order valence-electron chi connectivity index (χ2n) is 6.32. The third-order valence-electron chi connectivity index (χ3n) is 4.23. The Morgan fingerprint density at radius 3 is 2.96 bits per heavy atom. The minimum Gasteiger partial charge on any atom is -0.330 e. The van der Waals surface area contributed by atoms with E-state index < -0.39 is 9.84 Å². The first-order chi connectivity index (χ1) is 12.4. The number of nitrogens with one attached hydrogen (secondary N) is 1. The highest BCUT2D eigenvalue weighted by Crippen LogP contribution is 2.23. The molecule has 0 amide bonds. The van der Waals surface area contributed by atoms with Crippen molar-refractivity contribution in [2.45, 2.75) is 32.5 Å². The molecule has 0 saturated carbocycles. The molecule has 0 unspecified atom stereocenters. The zero-order chi connectivity index (χ0) is 18.7. The standard InChI is InChI=1S/C16H21FN4O2S3/c1-2-7-20(14-6-8-26(22,23)10-14)11-21-16(24)25-15(19-21)18-13-5-3-4-12(17)9-13/h3-5,9,14H,2,6-8,10-11H2,1H3,(H,18,19)/t14-/m1/s1. The Kier molecular flexibility index (Phi) is 6.06. The topological polar surface area (TPSA) is 67.2 Å². The van der Waals surface area contributed by atoms with Gasteiger partial charge in [0.25, 0.3) is 0 Å². The van der Waals surface area contributed by atoms with Crippen molar-refractivity contribution < 1.29 is 12.8 Å². The van der Waals surface area contributed by atoms with Crippen LogP contribution in [0.2, 0.25) is 0 Å². The molecule has 0 aliphatic carbocycles. The third kappa shape index (κ3) is 4.87. The van der Waals surface area contributed by atoms with Crippen LogP contribution in [0.4, 0.5) is 15.2 Å². The van der Waals surface area contributed by atoms with Crippen molar-refractivity contribution in [3.63, 3.8) is 0 Å². The molecule has 2 heterocycles. The van der Waals surface area contributed by atoms with Crippen LogP contribution in [0.15, 0.2) is 24.3 Å². The van der Waals surface area contributed by atoms with Gasteiger partial charge in [-0.1, -0.05) is 24.3 Å². The van der Waals surface area contributed by atoms with Gasteiger partial charge in [0.15, 0.2) is 13.8 Å². The largest absolute Gasteiger partial charge is 0.330 e. The van der Waals surface area contributed by atoms with Crippen LogP contribution in [-0.4, -0.2) is 47.2 Å². The summed E-state index contributed by atoms with van der Waals surface area (Å²) in [5, 5.41) is 8.11. The van der Waals surface area contributed by atoms with E-state index in [0.29, 0.717) is 27.9 Å². The van der Waals surface area contributed by atoms with Gasteiger partial charge in [-0.2, -0.15) is 0 Å². The highest BCUT2D eigenvalue weighted by atomic mass is 32.2. The Balaban J connectivity index is 1.74. The Labute approximate surface area is 161 Å². The van der Waals surface area contributed by atoms with Gasteiger partial charge in [0.05, 0.1) is 18.2 Å². The molecule has 1 N–H and O–H groups in total. The van der Waals surface area contributed by atoms with E-state index in [1.165, 1.54) is 23.5 Å². The summed E-state index contributed by atoms with van der Waals surface area (Å²) in [5.41, 5.74) is 0.605. The van der Waals surface area contributed by atoms with Gasteiger partial charge in [0, 0.05) is 11.7 Å². The van der Waals surface area contributed by atoms with Crippen LogP contribution in [0.5, 0.6) is 0 Å². The Hall–Kier alpha value is -1.36. The maximum absolute atomic E-state index is 13.3. The smallest absolute Gasteiger partial charge is 0.209 e. The quantitative estimate of drug-likeness (QED) is 0.698. The molecule has 1 saturated heterocycles. The number of halogens is 1. The molecule has 0 spiro atoms. The molecule has 142 valence electrons. The fourth-order valence-corrected chi connectivity index (χ4v) is 5.80. The van der Waals surface area contributed by atoms with Crippen LogP contribution >= 0.6 is 23.6 Å². The van der Waals surface area contributed by atoms with Crippen LogP contribution in [0.25, 0.3) is 0 Å². The van der Waals surface area contributed by atoms with Gasteiger partial charge < -0.3 is 5.32 Å². The van der Waals surface area contributed by atoms with E-state index in [1.54, 1.807) is 16.8 Å². The monoisotopic (exact) mass is 416 g/mol. The van der Waals surface area contributed by atoms with Crippen molar-refractivity contribution in [3.05, 3.63) is 34.0 Å². The highest BCUT2D eigenvalue weighted by Gasteiger charge is 2.32. The molecule has 0 radical (unpaired) electrons. The van der Waals surface area contributed by atoms with Gasteiger partial charge in [-0.3, -0.25) is 4.90 Å². The lowest BCUT2D eigenvalue weighted by atomic mass is 10.2. The van der Waals surface area contributed by atoms with Gasteiger partial charge in [-0.25, -0.2) is 17.5 Å². The minimum absolute atomic E-state index is 0.00294. The summed E-state index contributed by atoms with van der Waals surface area (Å²) in [5.74, 6) is 0.112. The minimum atomic E-state index is -2.94. The summed E-state index contributed by atoms with van der Waals surface area (Å²) in [6.45, 7) is 3.30. The summed E-state index contributed by atoms with van der Waals surface area (Å²) < 4.78 is 39.2. The Morgan fingerprint density at radius 2 is 2.31 bits per heavy atom. The molecule has 3 rings (SSSR count). The number of hydrogen-bond donors (Lipinski definition) is 1. The van der Waals surface area contributed by atoms with Crippen LogP contribution in [0, 0.1) is 9.77 Å². The lowest BCUT2D eigenvalue weighted by Crippen LogP contribution is -2.38. The van der Waals surface area contributed by atoms with E-state index in [2.05, 4.69) is 22.2 Å². The number of anilines is 2. The van der Waals surface area contributed by atoms with Gasteiger partial charge >= 0.3 is 0 Å². The molecule has 1 aliphatic heterocycles. The molecule has 1 aromatic carbocycles. The lowest BCUT2D eigenvalue weighted by Gasteiger charge is -2.27. The van der Waals surface area contributed by atoms with Crippen molar-refractivity contribution in [3.8, 4) is 0 Å². The van der Waals surface area contributed by atoms with Crippen molar-refractivity contribution in [1.82, 2.24) is 14.7 Å². The molecule has 1 atom stereocenters. The first-order valence-electron chi connectivity index (χ1n) is 8.41. The van der Waals surface area contributed by atoms with Crippen LogP contribution < -0.4 is 5.32 Å². The van der Waals surface area contributed by atoms with Crippen LogP contribution in [-0.2, 0) is 16.5 Å². The molecular weight excluding hydrogens is 395 g/mol. The van der Waals surface area contributed by atoms with E-state index in [9.17, 15) is 12.8 Å². The Bertz CT molecular complexity index is 926. The molecule has 2 aromatic rings. The maximum atomic E-state index is 13.3. The molecule has 26 heavy (non-hydrogen) atoms. The van der Waals surface area contributed by atoms with Crippen molar-refractivity contribution >= 4 is 44.2 Å². The first-order valence-corrected chi connectivity index (χ1v) is 11.5. The third-order valence-corrected chi connectivity index (χ3v) is 7.21. The lowest BCUT2D eigenvalue weighted by molar-refractivity contribution is 0.156. The number of rotatable bonds is 7. The number of aromatic nitrogens is 2. The summed E-state index contributed by atoms with van der Waals surface area (Å²) >= 11 is 6.70. The fraction of sp³-hybridized carbons (Fsp3) is 0.500. The average Bonchev–Trinajstić information content (AvgIpc) is 3.09. The number of sulfone groups is 1. The Morgan fingerprint density at radius 1 is 1.50 bits per heavy atom. The van der Waals surface area contributed by atoms with Gasteiger partial charge in [-0.05, 0) is 49.8 Å². The molecule has 0 bridgehead atoms. The summed E-state index contributed by atoms with van der Waals surface area (Å²) in [6.07, 6.45) is 1.57. The summed E-state index contributed by atoms with van der Waals surface area (Å²) in [6, 6.07) is 6.15.